The maximum absolute atomic E-state index is 6.47. The number of benzene rings is 1. The molecule has 112 valence electrons. The summed E-state index contributed by atoms with van der Waals surface area (Å²) >= 11 is 6.47. The average Bonchev–Trinajstić information content (AvgIpc) is 2.49. The van der Waals surface area contributed by atoms with Crippen molar-refractivity contribution in [2.24, 2.45) is 0 Å². The molecule has 1 N–H and O–H groups in total. The molecule has 1 heterocycles. The molecule has 0 aliphatic carbocycles. The highest BCUT2D eigenvalue weighted by atomic mass is 35.5. The lowest BCUT2D eigenvalue weighted by atomic mass is 9.87. The van der Waals surface area contributed by atoms with E-state index in [0.717, 1.165) is 37.4 Å². The first-order chi connectivity index (χ1) is 9.55. The summed E-state index contributed by atoms with van der Waals surface area (Å²) in [6, 6.07) is 6.87. The highest BCUT2D eigenvalue weighted by molar-refractivity contribution is 6.33. The fourth-order valence-electron chi connectivity index (χ4n) is 3.17. The minimum absolute atomic E-state index is 0.221. The standard InChI is InChI=1S/C17H27ClN2/c1-5-14-11-19-17(6-2,7-3)12-20(14)16-10-13(4)8-9-15(16)18/h8-10,14,19H,5-7,11-12H2,1-4H3. The topological polar surface area (TPSA) is 15.3 Å². The summed E-state index contributed by atoms with van der Waals surface area (Å²) in [5, 5.41) is 4.65. The number of halogens is 1. The molecule has 1 unspecified atom stereocenters. The fourth-order valence-corrected chi connectivity index (χ4v) is 3.39. The van der Waals surface area contributed by atoms with Crippen LogP contribution < -0.4 is 10.2 Å². The van der Waals surface area contributed by atoms with Crippen molar-refractivity contribution >= 4 is 17.3 Å². The van der Waals surface area contributed by atoms with Crippen molar-refractivity contribution in [3.8, 4) is 0 Å². The zero-order valence-electron chi connectivity index (χ0n) is 13.2. The van der Waals surface area contributed by atoms with Crippen LogP contribution in [0.3, 0.4) is 0 Å². The molecule has 1 fully saturated rings. The number of piperazine rings is 1. The third-order valence-electron chi connectivity index (χ3n) is 4.86. The van der Waals surface area contributed by atoms with Gasteiger partial charge in [0, 0.05) is 24.7 Å². The molecule has 0 aromatic heterocycles. The molecular formula is C17H27ClN2. The summed E-state index contributed by atoms with van der Waals surface area (Å²) in [7, 11) is 0. The Bertz CT molecular complexity index is 454. The Balaban J connectivity index is 2.36. The van der Waals surface area contributed by atoms with Crippen molar-refractivity contribution in [1.29, 1.82) is 0 Å². The van der Waals surface area contributed by atoms with Gasteiger partial charge in [0.25, 0.3) is 0 Å². The Hall–Kier alpha value is -0.730. The minimum atomic E-state index is 0.221. The van der Waals surface area contributed by atoms with Gasteiger partial charge in [0.2, 0.25) is 0 Å². The Morgan fingerprint density at radius 1 is 1.30 bits per heavy atom. The number of nitrogens with one attached hydrogen (secondary N) is 1. The Morgan fingerprint density at radius 3 is 2.60 bits per heavy atom. The van der Waals surface area contributed by atoms with Gasteiger partial charge in [-0.05, 0) is 43.9 Å². The van der Waals surface area contributed by atoms with Crippen molar-refractivity contribution in [3.63, 3.8) is 0 Å². The lowest BCUT2D eigenvalue weighted by Crippen LogP contribution is -2.64. The van der Waals surface area contributed by atoms with E-state index in [1.54, 1.807) is 0 Å². The van der Waals surface area contributed by atoms with Gasteiger partial charge in [-0.3, -0.25) is 0 Å². The van der Waals surface area contributed by atoms with Gasteiger partial charge in [-0.1, -0.05) is 38.4 Å². The first-order valence-corrected chi connectivity index (χ1v) is 8.21. The van der Waals surface area contributed by atoms with E-state index in [0.29, 0.717) is 6.04 Å². The van der Waals surface area contributed by atoms with Crippen LogP contribution in [0.4, 0.5) is 5.69 Å². The van der Waals surface area contributed by atoms with E-state index in [1.165, 1.54) is 11.3 Å². The van der Waals surface area contributed by atoms with E-state index in [9.17, 15) is 0 Å². The molecule has 1 saturated heterocycles. The first-order valence-electron chi connectivity index (χ1n) is 7.83. The van der Waals surface area contributed by atoms with Gasteiger partial charge >= 0.3 is 0 Å². The summed E-state index contributed by atoms with van der Waals surface area (Å²) in [5.41, 5.74) is 2.70. The highest BCUT2D eigenvalue weighted by Crippen LogP contribution is 2.33. The van der Waals surface area contributed by atoms with E-state index >= 15 is 0 Å². The van der Waals surface area contributed by atoms with Crippen LogP contribution in [0.5, 0.6) is 0 Å². The van der Waals surface area contributed by atoms with Crippen LogP contribution in [0.1, 0.15) is 45.6 Å². The number of anilines is 1. The fraction of sp³-hybridized carbons (Fsp3) is 0.647. The summed E-state index contributed by atoms with van der Waals surface area (Å²) in [6.45, 7) is 11.0. The van der Waals surface area contributed by atoms with Crippen molar-refractivity contribution < 1.29 is 0 Å². The molecule has 0 spiro atoms. The smallest absolute Gasteiger partial charge is 0.0639 e. The van der Waals surface area contributed by atoms with E-state index in [2.05, 4.69) is 50.0 Å². The summed E-state index contributed by atoms with van der Waals surface area (Å²) < 4.78 is 0. The minimum Gasteiger partial charge on any atom is -0.364 e. The molecule has 1 atom stereocenters. The van der Waals surface area contributed by atoms with Crippen LogP contribution in [0.25, 0.3) is 0 Å². The first kappa shape index (κ1) is 15.7. The SMILES string of the molecule is CCC1CNC(CC)(CC)CN1c1cc(C)ccc1Cl. The van der Waals surface area contributed by atoms with E-state index in [-0.39, 0.29) is 5.54 Å². The molecule has 0 amide bonds. The number of rotatable bonds is 4. The number of nitrogens with zero attached hydrogens (tertiary/aromatic N) is 1. The van der Waals surface area contributed by atoms with Gasteiger partial charge in [-0.2, -0.15) is 0 Å². The second kappa shape index (κ2) is 6.36. The van der Waals surface area contributed by atoms with Crippen LogP contribution in [-0.2, 0) is 0 Å². The molecule has 1 aromatic carbocycles. The lowest BCUT2D eigenvalue weighted by molar-refractivity contribution is 0.246. The van der Waals surface area contributed by atoms with Crippen LogP contribution in [0.2, 0.25) is 5.02 Å². The summed E-state index contributed by atoms with van der Waals surface area (Å²) in [5.74, 6) is 0. The number of aryl methyl sites for hydroxylation is 1. The molecule has 20 heavy (non-hydrogen) atoms. The second-order valence-corrected chi connectivity index (χ2v) is 6.42. The second-order valence-electron chi connectivity index (χ2n) is 6.01. The van der Waals surface area contributed by atoms with Gasteiger partial charge in [-0.25, -0.2) is 0 Å². The van der Waals surface area contributed by atoms with Crippen LogP contribution in [0, 0.1) is 6.92 Å². The third-order valence-corrected chi connectivity index (χ3v) is 5.18. The van der Waals surface area contributed by atoms with E-state index < -0.39 is 0 Å². The molecule has 0 saturated carbocycles. The molecule has 1 aliphatic rings. The molecular weight excluding hydrogens is 268 g/mol. The van der Waals surface area contributed by atoms with Crippen molar-refractivity contribution in [1.82, 2.24) is 5.32 Å². The van der Waals surface area contributed by atoms with Crippen LogP contribution >= 0.6 is 11.6 Å². The molecule has 0 radical (unpaired) electrons. The monoisotopic (exact) mass is 294 g/mol. The van der Waals surface area contributed by atoms with Crippen molar-refractivity contribution in [3.05, 3.63) is 28.8 Å². The average molecular weight is 295 g/mol. The Morgan fingerprint density at radius 2 is 2.00 bits per heavy atom. The maximum Gasteiger partial charge on any atom is 0.0639 e. The third kappa shape index (κ3) is 2.96. The Kier molecular flexibility index (Phi) is 4.98. The van der Waals surface area contributed by atoms with E-state index in [4.69, 9.17) is 11.6 Å². The van der Waals surface area contributed by atoms with Crippen LogP contribution in [0.15, 0.2) is 18.2 Å². The normalized spacial score (nSPS) is 22.1. The zero-order valence-corrected chi connectivity index (χ0v) is 13.9. The Labute approximate surface area is 128 Å². The van der Waals surface area contributed by atoms with Gasteiger partial charge in [0.1, 0.15) is 0 Å². The quantitative estimate of drug-likeness (QED) is 0.886. The highest BCUT2D eigenvalue weighted by Gasteiger charge is 2.36. The number of hydrogen-bond acceptors (Lipinski definition) is 2. The molecule has 2 nitrogen and oxygen atoms in total. The van der Waals surface area contributed by atoms with Gasteiger partial charge in [-0.15, -0.1) is 0 Å². The molecule has 1 aliphatic heterocycles. The molecule has 0 bridgehead atoms. The lowest BCUT2D eigenvalue weighted by Gasteiger charge is -2.48. The van der Waals surface area contributed by atoms with Crippen molar-refractivity contribution in [2.75, 3.05) is 18.0 Å². The summed E-state index contributed by atoms with van der Waals surface area (Å²) in [6.07, 6.45) is 3.44. The van der Waals surface area contributed by atoms with Gasteiger partial charge in [0.15, 0.2) is 0 Å². The van der Waals surface area contributed by atoms with Gasteiger partial charge in [0.05, 0.1) is 10.7 Å². The maximum atomic E-state index is 6.47. The molecule has 3 heteroatoms. The zero-order chi connectivity index (χ0) is 14.8. The molecule has 2 rings (SSSR count). The van der Waals surface area contributed by atoms with Gasteiger partial charge < -0.3 is 10.2 Å². The number of hydrogen-bond donors (Lipinski definition) is 1. The van der Waals surface area contributed by atoms with Crippen LogP contribution in [-0.4, -0.2) is 24.7 Å². The largest absolute Gasteiger partial charge is 0.364 e. The van der Waals surface area contributed by atoms with Crippen molar-refractivity contribution in [2.45, 2.75) is 58.5 Å². The predicted octanol–water partition coefficient (Wildman–Crippen LogP) is 4.40. The summed E-state index contributed by atoms with van der Waals surface area (Å²) in [4.78, 5) is 2.53. The predicted molar refractivity (Wildman–Crippen MR) is 88.9 cm³/mol. The molecule has 1 aromatic rings. The van der Waals surface area contributed by atoms with E-state index in [1.807, 2.05) is 6.07 Å².